The van der Waals surface area contributed by atoms with Gasteiger partial charge < -0.3 is 10.6 Å². The maximum Gasteiger partial charge on any atom is 0.253 e. The maximum absolute atomic E-state index is 12.5. The molecule has 1 saturated heterocycles. The number of piperidine rings is 1. The minimum Gasteiger partial charge on any atom is -0.348 e. The van der Waals surface area contributed by atoms with Gasteiger partial charge in [0.2, 0.25) is 0 Å². The second-order valence-electron chi connectivity index (χ2n) is 5.35. The summed E-state index contributed by atoms with van der Waals surface area (Å²) in [6.07, 6.45) is 3.85. The molecule has 2 aromatic rings. The third-order valence-electron chi connectivity index (χ3n) is 3.96. The molecule has 1 aliphatic rings. The molecule has 2 N–H and O–H groups in total. The zero-order chi connectivity index (χ0) is 13.9. The van der Waals surface area contributed by atoms with Crippen LogP contribution in [0.2, 0.25) is 0 Å². The molecule has 0 saturated carbocycles. The van der Waals surface area contributed by atoms with E-state index in [-0.39, 0.29) is 11.9 Å². The van der Waals surface area contributed by atoms with E-state index in [4.69, 9.17) is 0 Å². The summed E-state index contributed by atoms with van der Waals surface area (Å²) in [5.41, 5.74) is 1.42. The zero-order valence-electron chi connectivity index (χ0n) is 11.6. The third-order valence-corrected chi connectivity index (χ3v) is 3.96. The van der Waals surface area contributed by atoms with Crippen molar-refractivity contribution in [1.82, 2.24) is 15.6 Å². The van der Waals surface area contributed by atoms with Crippen molar-refractivity contribution in [3.63, 3.8) is 0 Å². The van der Waals surface area contributed by atoms with Crippen LogP contribution in [-0.2, 0) is 0 Å². The molecule has 20 heavy (non-hydrogen) atoms. The number of aromatic nitrogens is 1. The third kappa shape index (κ3) is 2.51. The van der Waals surface area contributed by atoms with Gasteiger partial charge >= 0.3 is 0 Å². The number of para-hydroxylation sites is 1. The summed E-state index contributed by atoms with van der Waals surface area (Å²) in [7, 11) is 0. The highest BCUT2D eigenvalue weighted by Gasteiger charge is 2.23. The Labute approximate surface area is 118 Å². The number of benzene rings is 1. The number of carbonyl (C=O) groups is 1. The van der Waals surface area contributed by atoms with Crippen LogP contribution >= 0.6 is 0 Å². The molecule has 1 fully saturated rings. The predicted molar refractivity (Wildman–Crippen MR) is 79.7 cm³/mol. The van der Waals surface area contributed by atoms with Crippen LogP contribution in [0.5, 0.6) is 0 Å². The van der Waals surface area contributed by atoms with Gasteiger partial charge in [0.25, 0.3) is 5.91 Å². The molecule has 1 aliphatic heterocycles. The molecule has 0 bridgehead atoms. The molecule has 4 heteroatoms. The fourth-order valence-corrected chi connectivity index (χ4v) is 2.77. The van der Waals surface area contributed by atoms with Gasteiger partial charge in [-0.3, -0.25) is 9.78 Å². The van der Waals surface area contributed by atoms with Crippen LogP contribution in [0.4, 0.5) is 0 Å². The van der Waals surface area contributed by atoms with Crippen LogP contribution in [0, 0.1) is 0 Å². The van der Waals surface area contributed by atoms with E-state index in [2.05, 4.69) is 22.5 Å². The highest BCUT2D eigenvalue weighted by Crippen LogP contribution is 2.17. The highest BCUT2D eigenvalue weighted by atomic mass is 16.1. The smallest absolute Gasteiger partial charge is 0.253 e. The van der Waals surface area contributed by atoms with Crippen LogP contribution in [-0.4, -0.2) is 29.5 Å². The summed E-state index contributed by atoms with van der Waals surface area (Å²) < 4.78 is 0. The Bertz CT molecular complexity index is 621. The molecule has 2 heterocycles. The minimum atomic E-state index is -0.0325. The lowest BCUT2D eigenvalue weighted by atomic mass is 9.99. The Hall–Kier alpha value is -1.94. The van der Waals surface area contributed by atoms with Gasteiger partial charge in [-0.1, -0.05) is 18.2 Å². The van der Waals surface area contributed by atoms with Crippen molar-refractivity contribution in [2.75, 3.05) is 6.54 Å². The quantitative estimate of drug-likeness (QED) is 0.878. The lowest BCUT2D eigenvalue weighted by Gasteiger charge is -2.30. The highest BCUT2D eigenvalue weighted by molar-refractivity contribution is 6.05. The normalized spacial score (nSPS) is 22.6. The van der Waals surface area contributed by atoms with Crippen molar-refractivity contribution < 1.29 is 4.79 Å². The summed E-state index contributed by atoms with van der Waals surface area (Å²) in [5.74, 6) is -0.0325. The van der Waals surface area contributed by atoms with E-state index in [1.807, 2.05) is 30.3 Å². The van der Waals surface area contributed by atoms with Crippen LogP contribution in [0.3, 0.4) is 0 Å². The van der Waals surface area contributed by atoms with Crippen LogP contribution in [0.25, 0.3) is 10.9 Å². The summed E-state index contributed by atoms with van der Waals surface area (Å²) in [6.45, 7) is 3.15. The number of hydrogen-bond acceptors (Lipinski definition) is 3. The van der Waals surface area contributed by atoms with E-state index in [1.54, 1.807) is 6.20 Å². The first-order valence-electron chi connectivity index (χ1n) is 7.14. The molecular formula is C16H19N3O. The molecule has 1 aromatic heterocycles. The van der Waals surface area contributed by atoms with Crippen molar-refractivity contribution in [2.45, 2.75) is 31.8 Å². The molecule has 1 amide bonds. The van der Waals surface area contributed by atoms with Gasteiger partial charge in [0.05, 0.1) is 11.1 Å². The largest absolute Gasteiger partial charge is 0.348 e. The number of pyridine rings is 1. The molecule has 104 valence electrons. The number of fused-ring (bicyclic) bond motifs is 1. The average Bonchev–Trinajstić information content (AvgIpc) is 2.49. The van der Waals surface area contributed by atoms with Gasteiger partial charge in [-0.05, 0) is 38.4 Å². The van der Waals surface area contributed by atoms with Crippen LogP contribution in [0.1, 0.15) is 30.1 Å². The molecule has 1 aromatic carbocycles. The monoisotopic (exact) mass is 269 g/mol. The number of nitrogens with zero attached hydrogens (tertiary/aromatic N) is 1. The predicted octanol–water partition coefficient (Wildman–Crippen LogP) is 2.11. The second-order valence-corrected chi connectivity index (χ2v) is 5.35. The van der Waals surface area contributed by atoms with Crippen LogP contribution in [0.15, 0.2) is 36.5 Å². The molecule has 3 rings (SSSR count). The number of hydrogen-bond donors (Lipinski definition) is 2. The molecule has 2 unspecified atom stereocenters. The molecule has 0 radical (unpaired) electrons. The van der Waals surface area contributed by atoms with E-state index in [1.165, 1.54) is 0 Å². The Kier molecular flexibility index (Phi) is 3.65. The maximum atomic E-state index is 12.5. The Morgan fingerprint density at radius 1 is 1.35 bits per heavy atom. The van der Waals surface area contributed by atoms with Crippen molar-refractivity contribution in [3.05, 3.63) is 42.1 Å². The average molecular weight is 269 g/mol. The number of rotatable bonds is 2. The van der Waals surface area contributed by atoms with E-state index >= 15 is 0 Å². The summed E-state index contributed by atoms with van der Waals surface area (Å²) in [4.78, 5) is 16.8. The van der Waals surface area contributed by atoms with Crippen molar-refractivity contribution in [2.24, 2.45) is 0 Å². The van der Waals surface area contributed by atoms with Gasteiger partial charge in [0.1, 0.15) is 0 Å². The Balaban J connectivity index is 1.85. The molecular weight excluding hydrogens is 250 g/mol. The molecule has 2 atom stereocenters. The first-order valence-corrected chi connectivity index (χ1v) is 7.14. The zero-order valence-corrected chi connectivity index (χ0v) is 11.6. The first-order chi connectivity index (χ1) is 9.75. The fraction of sp³-hybridized carbons (Fsp3) is 0.375. The number of amides is 1. The minimum absolute atomic E-state index is 0.0325. The van der Waals surface area contributed by atoms with Gasteiger partial charge in [0, 0.05) is 23.7 Å². The second kappa shape index (κ2) is 5.59. The van der Waals surface area contributed by atoms with Crippen molar-refractivity contribution >= 4 is 16.8 Å². The van der Waals surface area contributed by atoms with Gasteiger partial charge in [-0.15, -0.1) is 0 Å². The summed E-state index contributed by atoms with van der Waals surface area (Å²) >= 11 is 0. The molecule has 0 aliphatic carbocycles. The summed E-state index contributed by atoms with van der Waals surface area (Å²) in [5, 5.41) is 7.53. The molecule has 0 spiro atoms. The lowest BCUT2D eigenvalue weighted by Crippen LogP contribution is -2.51. The van der Waals surface area contributed by atoms with Crippen LogP contribution < -0.4 is 10.6 Å². The van der Waals surface area contributed by atoms with Crippen molar-refractivity contribution in [3.8, 4) is 0 Å². The molecule has 4 nitrogen and oxygen atoms in total. The van der Waals surface area contributed by atoms with E-state index in [9.17, 15) is 4.79 Å². The Morgan fingerprint density at radius 3 is 3.05 bits per heavy atom. The van der Waals surface area contributed by atoms with Gasteiger partial charge in [0.15, 0.2) is 0 Å². The number of carbonyl (C=O) groups excluding carboxylic acids is 1. The number of nitrogens with one attached hydrogen (secondary N) is 2. The summed E-state index contributed by atoms with van der Waals surface area (Å²) in [6, 6.07) is 10.1. The van der Waals surface area contributed by atoms with Crippen molar-refractivity contribution in [1.29, 1.82) is 0 Å². The van der Waals surface area contributed by atoms with Gasteiger partial charge in [-0.2, -0.15) is 0 Å². The standard InChI is InChI=1S/C16H19N3O/c1-11-14(8-4-9-17-11)19-16(20)13-7-2-5-12-6-3-10-18-15(12)13/h2-3,5-7,10-11,14,17H,4,8-9H2,1H3,(H,19,20). The van der Waals surface area contributed by atoms with E-state index < -0.39 is 0 Å². The Morgan fingerprint density at radius 2 is 2.20 bits per heavy atom. The van der Waals surface area contributed by atoms with Gasteiger partial charge in [-0.25, -0.2) is 0 Å². The fourth-order valence-electron chi connectivity index (χ4n) is 2.77. The topological polar surface area (TPSA) is 54.0 Å². The van der Waals surface area contributed by atoms with E-state index in [0.717, 1.165) is 30.3 Å². The SMILES string of the molecule is CC1NCCCC1NC(=O)c1cccc2cccnc12. The van der Waals surface area contributed by atoms with E-state index in [0.29, 0.717) is 11.6 Å². The first kappa shape index (κ1) is 13.1. The lowest BCUT2D eigenvalue weighted by molar-refractivity contribution is 0.0921.